The molecule has 0 radical (unpaired) electrons. The lowest BCUT2D eigenvalue weighted by Crippen LogP contribution is -2.09. The van der Waals surface area contributed by atoms with Crippen molar-refractivity contribution in [3.63, 3.8) is 0 Å². The van der Waals surface area contributed by atoms with E-state index in [9.17, 15) is 18.4 Å². The fourth-order valence-electron chi connectivity index (χ4n) is 0.729. The molecule has 0 atom stereocenters. The van der Waals surface area contributed by atoms with Crippen LogP contribution in [0.25, 0.3) is 0 Å². The molecule has 1 saturated carbocycles. The average molecular weight is 134 g/mol. The number of rotatable bonds is 0. The average Bonchev–Trinajstić information content (AvgIpc) is 1.79. The maximum Gasteiger partial charge on any atom is 0.262 e. The summed E-state index contributed by atoms with van der Waals surface area (Å²) in [5.74, 6) is -4.95. The van der Waals surface area contributed by atoms with Gasteiger partial charge < -0.3 is 0 Å². The molecule has 0 N–H and O–H groups in total. The molecule has 0 aliphatic heterocycles. The summed E-state index contributed by atoms with van der Waals surface area (Å²) in [5, 5.41) is 0. The van der Waals surface area contributed by atoms with Crippen molar-refractivity contribution in [2.75, 3.05) is 0 Å². The second-order valence-corrected chi connectivity index (χ2v) is 2.06. The van der Waals surface area contributed by atoms with E-state index in [1.807, 2.05) is 0 Å². The maximum atomic E-state index is 12.0. The fraction of sp³-hybridized carbons (Fsp3) is 0.600. The summed E-state index contributed by atoms with van der Waals surface area (Å²) >= 11 is 0. The predicted molar refractivity (Wildman–Crippen MR) is 24.2 cm³/mol. The first-order chi connectivity index (χ1) is 4.01. The molecule has 0 aromatic carbocycles. The Morgan fingerprint density at radius 2 is 1.44 bits per heavy atom. The quantitative estimate of drug-likeness (QED) is 0.453. The van der Waals surface area contributed by atoms with Gasteiger partial charge in [-0.25, -0.2) is 8.78 Å². The van der Waals surface area contributed by atoms with Gasteiger partial charge in [0.25, 0.3) is 5.92 Å². The second-order valence-electron chi connectivity index (χ2n) is 2.06. The van der Waals surface area contributed by atoms with Gasteiger partial charge in [-0.1, -0.05) is 0 Å². The van der Waals surface area contributed by atoms with Gasteiger partial charge in [0.15, 0.2) is 0 Å². The molecule has 1 aliphatic rings. The smallest absolute Gasteiger partial charge is 0.262 e. The number of carbonyl (C=O) groups is 2. The molecule has 50 valence electrons. The van der Waals surface area contributed by atoms with E-state index in [2.05, 4.69) is 0 Å². The third-order valence-corrected chi connectivity index (χ3v) is 1.15. The molecule has 0 aromatic heterocycles. The molecule has 0 unspecified atom stereocenters. The van der Waals surface area contributed by atoms with E-state index in [4.69, 9.17) is 0 Å². The van der Waals surface area contributed by atoms with Crippen molar-refractivity contribution >= 4 is 11.6 Å². The van der Waals surface area contributed by atoms with E-state index in [1.54, 1.807) is 0 Å². The number of Topliss-reactive ketones (excluding diaryl/α,β-unsaturated/α-hetero) is 2. The molecule has 0 amide bonds. The second kappa shape index (κ2) is 1.59. The van der Waals surface area contributed by atoms with Crippen LogP contribution in [0.2, 0.25) is 0 Å². The lowest BCUT2D eigenvalue weighted by molar-refractivity contribution is -0.134. The van der Waals surface area contributed by atoms with Gasteiger partial charge >= 0.3 is 0 Å². The predicted octanol–water partition coefficient (Wildman–Crippen LogP) is 0.554. The third-order valence-electron chi connectivity index (χ3n) is 1.15. The van der Waals surface area contributed by atoms with Crippen molar-refractivity contribution < 1.29 is 18.4 Å². The van der Waals surface area contributed by atoms with Crippen molar-refractivity contribution in [1.82, 2.24) is 0 Å². The first-order valence-electron chi connectivity index (χ1n) is 2.45. The molecule has 1 rings (SSSR count). The van der Waals surface area contributed by atoms with E-state index < -0.39 is 30.3 Å². The zero-order valence-electron chi connectivity index (χ0n) is 4.49. The summed E-state index contributed by atoms with van der Waals surface area (Å²) in [6.07, 6.45) is -1.79. The molecule has 1 aliphatic carbocycles. The van der Waals surface area contributed by atoms with Crippen LogP contribution in [0.4, 0.5) is 8.78 Å². The highest BCUT2D eigenvalue weighted by Gasteiger charge is 2.44. The lowest BCUT2D eigenvalue weighted by Gasteiger charge is -2.00. The molecule has 2 nitrogen and oxygen atoms in total. The first-order valence-corrected chi connectivity index (χ1v) is 2.45. The molecule has 1 fully saturated rings. The molecule has 0 aromatic rings. The summed E-state index contributed by atoms with van der Waals surface area (Å²) < 4.78 is 24.0. The van der Waals surface area contributed by atoms with Gasteiger partial charge in [-0.15, -0.1) is 0 Å². The Kier molecular flexibility index (Phi) is 1.12. The Morgan fingerprint density at radius 1 is 1.11 bits per heavy atom. The monoisotopic (exact) mass is 134 g/mol. The van der Waals surface area contributed by atoms with E-state index in [0.29, 0.717) is 0 Å². The van der Waals surface area contributed by atoms with Crippen molar-refractivity contribution in [3.8, 4) is 0 Å². The minimum atomic E-state index is -3.06. The summed E-state index contributed by atoms with van der Waals surface area (Å²) in [4.78, 5) is 20.3. The molecule has 0 spiro atoms. The molecular weight excluding hydrogens is 130 g/mol. The Balaban J connectivity index is 2.76. The molecular formula is C5H4F2O2. The zero-order valence-corrected chi connectivity index (χ0v) is 4.49. The van der Waals surface area contributed by atoms with Gasteiger partial charge in [0.05, 0.1) is 12.8 Å². The number of halogens is 2. The van der Waals surface area contributed by atoms with Crippen molar-refractivity contribution in [1.29, 1.82) is 0 Å². The fourth-order valence-corrected chi connectivity index (χ4v) is 0.729. The Morgan fingerprint density at radius 3 is 1.56 bits per heavy atom. The van der Waals surface area contributed by atoms with Gasteiger partial charge in [0.1, 0.15) is 0 Å². The van der Waals surface area contributed by atoms with Crippen LogP contribution in [-0.4, -0.2) is 17.5 Å². The SMILES string of the molecule is O=C1CC(F)(F)CC1=O. The van der Waals surface area contributed by atoms with Crippen LogP contribution in [0.5, 0.6) is 0 Å². The summed E-state index contributed by atoms with van der Waals surface area (Å²) in [7, 11) is 0. The number of hydrogen-bond acceptors (Lipinski definition) is 2. The first kappa shape index (κ1) is 6.32. The molecule has 0 heterocycles. The Bertz CT molecular complexity index is 156. The highest BCUT2D eigenvalue weighted by molar-refractivity contribution is 6.39. The largest absolute Gasteiger partial charge is 0.291 e. The minimum Gasteiger partial charge on any atom is -0.291 e. The van der Waals surface area contributed by atoms with Crippen molar-refractivity contribution in [3.05, 3.63) is 0 Å². The van der Waals surface area contributed by atoms with Crippen LogP contribution in [0, 0.1) is 0 Å². The van der Waals surface area contributed by atoms with E-state index >= 15 is 0 Å². The minimum absolute atomic E-state index is 0.897. The normalized spacial score (nSPS) is 25.1. The number of alkyl halides is 2. The highest BCUT2D eigenvalue weighted by Crippen LogP contribution is 2.29. The summed E-state index contributed by atoms with van der Waals surface area (Å²) in [6.45, 7) is 0. The van der Waals surface area contributed by atoms with Crippen molar-refractivity contribution in [2.24, 2.45) is 0 Å². The van der Waals surface area contributed by atoms with Crippen LogP contribution in [0.1, 0.15) is 12.8 Å². The van der Waals surface area contributed by atoms with Gasteiger partial charge in [0.2, 0.25) is 11.6 Å². The van der Waals surface area contributed by atoms with Crippen molar-refractivity contribution in [2.45, 2.75) is 18.8 Å². The van der Waals surface area contributed by atoms with Gasteiger partial charge in [-0.2, -0.15) is 0 Å². The van der Waals surface area contributed by atoms with Gasteiger partial charge in [0, 0.05) is 0 Å². The van der Waals surface area contributed by atoms with Crippen LogP contribution >= 0.6 is 0 Å². The van der Waals surface area contributed by atoms with Crippen LogP contribution in [-0.2, 0) is 9.59 Å². The lowest BCUT2D eigenvalue weighted by atomic mass is 10.3. The van der Waals surface area contributed by atoms with Crippen LogP contribution in [0.15, 0.2) is 0 Å². The van der Waals surface area contributed by atoms with Crippen LogP contribution < -0.4 is 0 Å². The van der Waals surface area contributed by atoms with Crippen LogP contribution in [0.3, 0.4) is 0 Å². The topological polar surface area (TPSA) is 34.1 Å². The van der Waals surface area contributed by atoms with E-state index in [-0.39, 0.29) is 0 Å². The number of hydrogen-bond donors (Lipinski definition) is 0. The van der Waals surface area contributed by atoms with Gasteiger partial charge in [-0.3, -0.25) is 9.59 Å². The Labute approximate surface area is 49.8 Å². The van der Waals surface area contributed by atoms with E-state index in [1.165, 1.54) is 0 Å². The summed E-state index contributed by atoms with van der Waals surface area (Å²) in [5.41, 5.74) is 0. The number of carbonyl (C=O) groups excluding carboxylic acids is 2. The van der Waals surface area contributed by atoms with Gasteiger partial charge in [-0.05, 0) is 0 Å². The third kappa shape index (κ3) is 1.12. The zero-order chi connectivity index (χ0) is 7.07. The summed E-state index contributed by atoms with van der Waals surface area (Å²) in [6, 6.07) is 0. The maximum absolute atomic E-state index is 12.0. The molecule has 0 bridgehead atoms. The molecule has 4 heteroatoms. The van der Waals surface area contributed by atoms with E-state index in [0.717, 1.165) is 0 Å². The molecule has 9 heavy (non-hydrogen) atoms. The number of ketones is 2. The Hall–Kier alpha value is -0.800. The standard InChI is InChI=1S/C5H4F2O2/c6-5(7)1-3(8)4(9)2-5/h1-2H2. The molecule has 0 saturated heterocycles. The highest BCUT2D eigenvalue weighted by atomic mass is 19.3.